The molecule has 9 heteroatoms. The number of carbonyl (C=O) groups excluding carboxylic acids is 1. The summed E-state index contributed by atoms with van der Waals surface area (Å²) in [6.07, 6.45) is 5.67. The number of nitrogens with zero attached hydrogens (tertiary/aromatic N) is 5. The minimum atomic E-state index is 0.180. The highest BCUT2D eigenvalue weighted by Crippen LogP contribution is 2.27. The van der Waals surface area contributed by atoms with Crippen molar-refractivity contribution in [2.24, 2.45) is 18.0 Å². The van der Waals surface area contributed by atoms with Gasteiger partial charge in [0, 0.05) is 50.1 Å². The fraction of sp³-hybridized carbons (Fsp3) is 0.700. The van der Waals surface area contributed by atoms with Crippen LogP contribution in [0.15, 0.2) is 17.6 Å². The summed E-state index contributed by atoms with van der Waals surface area (Å²) in [6, 6.07) is 0.327. The first kappa shape index (κ1) is 21.7. The molecule has 0 atom stereocenters. The Balaban J connectivity index is 1.52. The lowest BCUT2D eigenvalue weighted by Crippen LogP contribution is -2.47. The van der Waals surface area contributed by atoms with Gasteiger partial charge >= 0.3 is 0 Å². The van der Waals surface area contributed by atoms with Crippen molar-refractivity contribution in [2.45, 2.75) is 45.2 Å². The van der Waals surface area contributed by atoms with Crippen LogP contribution in [0.25, 0.3) is 0 Å². The molecule has 8 nitrogen and oxygen atoms in total. The van der Waals surface area contributed by atoms with E-state index in [0.717, 1.165) is 67.9 Å². The van der Waals surface area contributed by atoms with Crippen LogP contribution in [0.2, 0.25) is 0 Å². The van der Waals surface area contributed by atoms with Gasteiger partial charge in [0.2, 0.25) is 5.91 Å². The fourth-order valence-electron chi connectivity index (χ4n) is 3.78. The highest BCUT2D eigenvalue weighted by Gasteiger charge is 2.30. The molecule has 0 radical (unpaired) electrons. The molecule has 160 valence electrons. The summed E-state index contributed by atoms with van der Waals surface area (Å²) in [5.74, 6) is 5.15. The zero-order valence-corrected chi connectivity index (χ0v) is 18.4. The van der Waals surface area contributed by atoms with Crippen molar-refractivity contribution in [3.8, 4) is 0 Å². The zero-order valence-electron chi connectivity index (χ0n) is 17.6. The van der Waals surface area contributed by atoms with E-state index in [0.29, 0.717) is 25.0 Å². The summed E-state index contributed by atoms with van der Waals surface area (Å²) in [7, 11) is 1.95. The molecule has 2 heterocycles. The summed E-state index contributed by atoms with van der Waals surface area (Å²) >= 11 is 1.94. The van der Waals surface area contributed by atoms with Gasteiger partial charge < -0.3 is 20.1 Å². The molecule has 3 rings (SSSR count). The minimum absolute atomic E-state index is 0.180. The lowest BCUT2D eigenvalue weighted by atomic mass is 9.85. The van der Waals surface area contributed by atoms with Gasteiger partial charge in [-0.05, 0) is 32.6 Å². The number of thioether (sulfide) groups is 1. The van der Waals surface area contributed by atoms with Gasteiger partial charge in [-0.1, -0.05) is 6.08 Å². The van der Waals surface area contributed by atoms with Crippen molar-refractivity contribution in [2.75, 3.05) is 31.1 Å². The Labute approximate surface area is 177 Å². The summed E-state index contributed by atoms with van der Waals surface area (Å²) < 4.78 is 1.95. The van der Waals surface area contributed by atoms with E-state index < -0.39 is 0 Å². The number of amides is 1. The molecule has 2 aliphatic rings. The summed E-state index contributed by atoms with van der Waals surface area (Å²) in [4.78, 5) is 19.5. The topological polar surface area (TPSA) is 87.4 Å². The lowest BCUT2D eigenvalue weighted by Gasteiger charge is -2.34. The predicted molar refractivity (Wildman–Crippen MR) is 118 cm³/mol. The molecule has 0 bridgehead atoms. The molecule has 1 aliphatic heterocycles. The third kappa shape index (κ3) is 5.98. The van der Waals surface area contributed by atoms with Crippen molar-refractivity contribution < 1.29 is 4.79 Å². The van der Waals surface area contributed by atoms with Crippen molar-refractivity contribution in [1.29, 1.82) is 0 Å². The summed E-state index contributed by atoms with van der Waals surface area (Å²) in [5.41, 5.74) is 0. The SMILES string of the molecule is C=CCNC(=NCc1nnc(C)n1C)NC1CCC(C(=O)N2CCSCC2)CC1. The van der Waals surface area contributed by atoms with Crippen LogP contribution >= 0.6 is 11.8 Å². The first-order valence-corrected chi connectivity index (χ1v) is 11.6. The molecule has 1 aromatic rings. The Bertz CT molecular complexity index is 718. The Hall–Kier alpha value is -2.03. The van der Waals surface area contributed by atoms with Gasteiger partial charge in [0.1, 0.15) is 12.4 Å². The Morgan fingerprint density at radius 2 is 2.00 bits per heavy atom. The normalized spacial score (nSPS) is 23.0. The first-order chi connectivity index (χ1) is 14.1. The summed E-state index contributed by atoms with van der Waals surface area (Å²) in [6.45, 7) is 8.62. The van der Waals surface area contributed by atoms with E-state index in [1.807, 2.05) is 36.4 Å². The van der Waals surface area contributed by atoms with Gasteiger partial charge in [0.25, 0.3) is 0 Å². The standard InChI is InChI=1S/C20H33N7OS/c1-4-9-21-20(22-14-18-25-24-15(2)26(18)3)23-17-7-5-16(6-8-17)19(28)27-10-12-29-13-11-27/h4,16-17H,1,5-14H2,2-3H3,(H2,21,22,23). The molecule has 1 saturated carbocycles. The minimum Gasteiger partial charge on any atom is -0.354 e. The number of aliphatic imine (C=N–C) groups is 1. The molecular weight excluding hydrogens is 386 g/mol. The lowest BCUT2D eigenvalue weighted by molar-refractivity contribution is -0.136. The molecular formula is C20H33N7OS. The molecule has 2 N–H and O–H groups in total. The van der Waals surface area contributed by atoms with Gasteiger partial charge in [-0.3, -0.25) is 4.79 Å². The van der Waals surface area contributed by atoms with Gasteiger partial charge in [-0.25, -0.2) is 4.99 Å². The average molecular weight is 420 g/mol. The van der Waals surface area contributed by atoms with Crippen molar-refractivity contribution in [1.82, 2.24) is 30.3 Å². The molecule has 1 amide bonds. The highest BCUT2D eigenvalue weighted by molar-refractivity contribution is 7.99. The number of nitrogens with one attached hydrogen (secondary N) is 2. The van der Waals surface area contributed by atoms with Gasteiger partial charge in [-0.2, -0.15) is 11.8 Å². The summed E-state index contributed by atoms with van der Waals surface area (Å²) in [5, 5.41) is 15.1. The Morgan fingerprint density at radius 3 is 2.62 bits per heavy atom. The maximum absolute atomic E-state index is 12.8. The van der Waals surface area contributed by atoms with E-state index in [-0.39, 0.29) is 5.92 Å². The highest BCUT2D eigenvalue weighted by atomic mass is 32.2. The van der Waals surface area contributed by atoms with E-state index in [2.05, 4.69) is 37.3 Å². The predicted octanol–water partition coefficient (Wildman–Crippen LogP) is 1.48. The van der Waals surface area contributed by atoms with Crippen LogP contribution < -0.4 is 10.6 Å². The second-order valence-corrected chi connectivity index (χ2v) is 8.91. The van der Waals surface area contributed by atoms with Crippen molar-refractivity contribution in [3.05, 3.63) is 24.3 Å². The van der Waals surface area contributed by atoms with E-state index in [9.17, 15) is 4.79 Å². The van der Waals surface area contributed by atoms with Crippen molar-refractivity contribution >= 4 is 23.6 Å². The number of carbonyl (C=O) groups is 1. The van der Waals surface area contributed by atoms with Crippen LogP contribution in [-0.2, 0) is 18.4 Å². The smallest absolute Gasteiger partial charge is 0.225 e. The van der Waals surface area contributed by atoms with Crippen LogP contribution in [0.5, 0.6) is 0 Å². The van der Waals surface area contributed by atoms with Crippen LogP contribution in [0.3, 0.4) is 0 Å². The molecule has 29 heavy (non-hydrogen) atoms. The molecule has 1 aliphatic carbocycles. The van der Waals surface area contributed by atoms with E-state index in [1.54, 1.807) is 0 Å². The number of aromatic nitrogens is 3. The number of rotatable bonds is 6. The second kappa shape index (κ2) is 10.7. The molecule has 0 unspecified atom stereocenters. The third-order valence-electron chi connectivity index (χ3n) is 5.72. The van der Waals surface area contributed by atoms with Gasteiger partial charge in [-0.15, -0.1) is 16.8 Å². The van der Waals surface area contributed by atoms with E-state index >= 15 is 0 Å². The van der Waals surface area contributed by atoms with Crippen LogP contribution in [-0.4, -0.2) is 68.7 Å². The zero-order chi connectivity index (χ0) is 20.6. The number of hydrogen-bond acceptors (Lipinski definition) is 5. The van der Waals surface area contributed by atoms with Crippen molar-refractivity contribution in [3.63, 3.8) is 0 Å². The van der Waals surface area contributed by atoms with Gasteiger partial charge in [0.05, 0.1) is 0 Å². The molecule has 1 aromatic heterocycles. The Kier molecular flexibility index (Phi) is 7.97. The van der Waals surface area contributed by atoms with E-state index in [4.69, 9.17) is 0 Å². The maximum Gasteiger partial charge on any atom is 0.225 e. The van der Waals surface area contributed by atoms with Crippen LogP contribution in [0.1, 0.15) is 37.3 Å². The second-order valence-electron chi connectivity index (χ2n) is 7.69. The third-order valence-corrected chi connectivity index (χ3v) is 6.66. The molecule has 2 fully saturated rings. The monoisotopic (exact) mass is 419 g/mol. The largest absolute Gasteiger partial charge is 0.354 e. The van der Waals surface area contributed by atoms with E-state index in [1.165, 1.54) is 0 Å². The Morgan fingerprint density at radius 1 is 1.28 bits per heavy atom. The van der Waals surface area contributed by atoms with Crippen LogP contribution in [0, 0.1) is 12.8 Å². The molecule has 1 saturated heterocycles. The fourth-order valence-corrected chi connectivity index (χ4v) is 4.68. The number of hydrogen-bond donors (Lipinski definition) is 2. The quantitative estimate of drug-likeness (QED) is 0.413. The average Bonchev–Trinajstić information content (AvgIpc) is 3.08. The first-order valence-electron chi connectivity index (χ1n) is 10.5. The number of guanidine groups is 1. The maximum atomic E-state index is 12.8. The molecule has 0 aromatic carbocycles. The number of aryl methyl sites for hydroxylation is 1. The molecule has 0 spiro atoms. The van der Waals surface area contributed by atoms with Gasteiger partial charge in [0.15, 0.2) is 11.8 Å². The van der Waals surface area contributed by atoms with Crippen LogP contribution in [0.4, 0.5) is 0 Å².